The van der Waals surface area contributed by atoms with E-state index < -0.39 is 0 Å². The molecule has 4 nitrogen and oxygen atoms in total. The first-order valence-corrected chi connectivity index (χ1v) is 6.70. The minimum absolute atomic E-state index is 0.348. The second kappa shape index (κ2) is 5.63. The Bertz CT molecular complexity index is 342. The Balaban J connectivity index is 1.93. The van der Waals surface area contributed by atoms with Crippen molar-refractivity contribution in [1.82, 2.24) is 15.5 Å². The lowest BCUT2D eigenvalue weighted by molar-refractivity contribution is 0.323. The monoisotopic (exact) mass is 237 g/mol. The van der Waals surface area contributed by atoms with Gasteiger partial charge < -0.3 is 9.84 Å². The van der Waals surface area contributed by atoms with Crippen LogP contribution in [0.5, 0.6) is 0 Å². The maximum Gasteiger partial charge on any atom is 0.229 e. The lowest BCUT2D eigenvalue weighted by atomic mass is 9.96. The molecule has 0 aromatic carbocycles. The number of aromatic nitrogens is 2. The molecule has 1 saturated heterocycles. The fraction of sp³-hybridized carbons (Fsp3) is 0.846. The van der Waals surface area contributed by atoms with Gasteiger partial charge in [-0.2, -0.15) is 4.98 Å². The standard InChI is InChI=1S/C13H23N3O/c1-9(2)10(3)13-15-12(16-17-13)7-11-5-4-6-14-8-11/h9-11,14H,4-8H2,1-3H3. The molecule has 2 unspecified atom stereocenters. The number of hydrogen-bond donors (Lipinski definition) is 1. The maximum atomic E-state index is 5.35. The van der Waals surface area contributed by atoms with Gasteiger partial charge >= 0.3 is 0 Å². The van der Waals surface area contributed by atoms with Crippen LogP contribution in [0.4, 0.5) is 0 Å². The van der Waals surface area contributed by atoms with E-state index in [1.165, 1.54) is 12.8 Å². The Morgan fingerprint density at radius 1 is 1.41 bits per heavy atom. The van der Waals surface area contributed by atoms with Gasteiger partial charge in [-0.05, 0) is 37.8 Å². The summed E-state index contributed by atoms with van der Waals surface area (Å²) in [4.78, 5) is 4.52. The highest BCUT2D eigenvalue weighted by Crippen LogP contribution is 2.22. The summed E-state index contributed by atoms with van der Waals surface area (Å²) in [7, 11) is 0. The highest BCUT2D eigenvalue weighted by atomic mass is 16.5. The lowest BCUT2D eigenvalue weighted by Crippen LogP contribution is -2.31. The second-order valence-electron chi connectivity index (χ2n) is 5.50. The maximum absolute atomic E-state index is 5.35. The Morgan fingerprint density at radius 2 is 2.24 bits per heavy atom. The average Bonchev–Trinajstić information content (AvgIpc) is 2.77. The molecule has 0 aliphatic carbocycles. The van der Waals surface area contributed by atoms with Crippen LogP contribution in [0.2, 0.25) is 0 Å². The van der Waals surface area contributed by atoms with Gasteiger partial charge in [0.1, 0.15) is 0 Å². The fourth-order valence-corrected chi connectivity index (χ4v) is 2.18. The molecule has 0 saturated carbocycles. The van der Waals surface area contributed by atoms with Crippen molar-refractivity contribution in [1.29, 1.82) is 0 Å². The summed E-state index contributed by atoms with van der Waals surface area (Å²) in [6, 6.07) is 0. The topological polar surface area (TPSA) is 51.0 Å². The number of nitrogens with zero attached hydrogens (tertiary/aromatic N) is 2. The van der Waals surface area contributed by atoms with Gasteiger partial charge in [0.15, 0.2) is 5.82 Å². The Hall–Kier alpha value is -0.900. The molecule has 2 rings (SSSR count). The third-order valence-electron chi connectivity index (χ3n) is 3.74. The molecule has 1 aliphatic rings. The molecule has 96 valence electrons. The quantitative estimate of drug-likeness (QED) is 0.873. The van der Waals surface area contributed by atoms with Crippen LogP contribution in [0.1, 0.15) is 51.2 Å². The van der Waals surface area contributed by atoms with Crippen molar-refractivity contribution in [2.24, 2.45) is 11.8 Å². The van der Waals surface area contributed by atoms with E-state index in [0.29, 0.717) is 17.8 Å². The van der Waals surface area contributed by atoms with Crippen LogP contribution in [0.25, 0.3) is 0 Å². The highest BCUT2D eigenvalue weighted by Gasteiger charge is 2.20. The molecular formula is C13H23N3O. The van der Waals surface area contributed by atoms with Crippen molar-refractivity contribution in [3.05, 3.63) is 11.7 Å². The molecule has 1 aromatic heterocycles. The van der Waals surface area contributed by atoms with Crippen molar-refractivity contribution in [2.45, 2.75) is 46.0 Å². The molecule has 2 atom stereocenters. The summed E-state index contributed by atoms with van der Waals surface area (Å²) in [5.74, 6) is 3.23. The van der Waals surface area contributed by atoms with Gasteiger partial charge in [-0.1, -0.05) is 25.9 Å². The minimum atomic E-state index is 0.348. The average molecular weight is 237 g/mol. The summed E-state index contributed by atoms with van der Waals surface area (Å²) in [6.45, 7) is 8.74. The zero-order chi connectivity index (χ0) is 12.3. The van der Waals surface area contributed by atoms with Gasteiger partial charge in [0.25, 0.3) is 0 Å². The molecule has 2 heterocycles. The molecule has 1 fully saturated rings. The number of rotatable bonds is 4. The molecule has 0 radical (unpaired) electrons. The molecular weight excluding hydrogens is 214 g/mol. The first-order chi connectivity index (χ1) is 8.16. The normalized spacial score (nSPS) is 22.9. The van der Waals surface area contributed by atoms with Gasteiger partial charge in [0, 0.05) is 12.3 Å². The summed E-state index contributed by atoms with van der Waals surface area (Å²) in [5, 5.41) is 7.52. The van der Waals surface area contributed by atoms with E-state index in [1.807, 2.05) is 0 Å². The largest absolute Gasteiger partial charge is 0.339 e. The number of piperidine rings is 1. The van der Waals surface area contributed by atoms with Crippen LogP contribution in [0.15, 0.2) is 4.52 Å². The molecule has 0 bridgehead atoms. The van der Waals surface area contributed by atoms with Crippen LogP contribution in [0.3, 0.4) is 0 Å². The van der Waals surface area contributed by atoms with Crippen LogP contribution in [-0.2, 0) is 6.42 Å². The van der Waals surface area contributed by atoms with Crippen LogP contribution < -0.4 is 5.32 Å². The van der Waals surface area contributed by atoms with Crippen molar-refractivity contribution >= 4 is 0 Å². The summed E-state index contributed by atoms with van der Waals surface area (Å²) in [6.07, 6.45) is 3.48. The van der Waals surface area contributed by atoms with E-state index in [4.69, 9.17) is 4.52 Å². The van der Waals surface area contributed by atoms with Gasteiger partial charge in [-0.15, -0.1) is 0 Å². The van der Waals surface area contributed by atoms with Crippen molar-refractivity contribution in [2.75, 3.05) is 13.1 Å². The predicted octanol–water partition coefficient (Wildman–Crippen LogP) is 2.37. The van der Waals surface area contributed by atoms with E-state index in [-0.39, 0.29) is 0 Å². The Kier molecular flexibility index (Phi) is 4.15. The highest BCUT2D eigenvalue weighted by molar-refractivity contribution is 4.95. The molecule has 4 heteroatoms. The fourth-order valence-electron chi connectivity index (χ4n) is 2.18. The first kappa shape index (κ1) is 12.6. The summed E-state index contributed by atoms with van der Waals surface area (Å²) >= 11 is 0. The lowest BCUT2D eigenvalue weighted by Gasteiger charge is -2.21. The van der Waals surface area contributed by atoms with Crippen LogP contribution >= 0.6 is 0 Å². The van der Waals surface area contributed by atoms with Gasteiger partial charge in [-0.25, -0.2) is 0 Å². The van der Waals surface area contributed by atoms with E-state index in [1.54, 1.807) is 0 Å². The summed E-state index contributed by atoms with van der Waals surface area (Å²) in [5.41, 5.74) is 0. The zero-order valence-corrected chi connectivity index (χ0v) is 11.1. The van der Waals surface area contributed by atoms with Crippen LogP contribution in [-0.4, -0.2) is 23.2 Å². The molecule has 1 aliphatic heterocycles. The SMILES string of the molecule is CC(C)C(C)c1nc(CC2CCCNC2)no1. The third kappa shape index (κ3) is 3.28. The molecule has 17 heavy (non-hydrogen) atoms. The molecule has 1 N–H and O–H groups in total. The van der Waals surface area contributed by atoms with Gasteiger partial charge in [0.2, 0.25) is 5.89 Å². The molecule has 0 amide bonds. The molecule has 1 aromatic rings. The number of hydrogen-bond acceptors (Lipinski definition) is 4. The minimum Gasteiger partial charge on any atom is -0.339 e. The Morgan fingerprint density at radius 3 is 2.88 bits per heavy atom. The van der Waals surface area contributed by atoms with Crippen molar-refractivity contribution in [3.8, 4) is 0 Å². The second-order valence-corrected chi connectivity index (χ2v) is 5.50. The molecule has 0 spiro atoms. The van der Waals surface area contributed by atoms with Crippen molar-refractivity contribution < 1.29 is 4.52 Å². The third-order valence-corrected chi connectivity index (χ3v) is 3.74. The zero-order valence-electron chi connectivity index (χ0n) is 11.1. The first-order valence-electron chi connectivity index (χ1n) is 6.70. The van der Waals surface area contributed by atoms with E-state index in [9.17, 15) is 0 Å². The van der Waals surface area contributed by atoms with E-state index >= 15 is 0 Å². The Labute approximate surface area is 103 Å². The summed E-state index contributed by atoms with van der Waals surface area (Å²) < 4.78 is 5.35. The van der Waals surface area contributed by atoms with Crippen LogP contribution in [0, 0.1) is 11.8 Å². The van der Waals surface area contributed by atoms with E-state index in [0.717, 1.165) is 31.2 Å². The van der Waals surface area contributed by atoms with E-state index in [2.05, 4.69) is 36.2 Å². The number of nitrogens with one attached hydrogen (secondary N) is 1. The van der Waals surface area contributed by atoms with Crippen molar-refractivity contribution in [3.63, 3.8) is 0 Å². The predicted molar refractivity (Wildman–Crippen MR) is 66.8 cm³/mol. The van der Waals surface area contributed by atoms with Gasteiger partial charge in [-0.3, -0.25) is 0 Å². The smallest absolute Gasteiger partial charge is 0.229 e. The van der Waals surface area contributed by atoms with Gasteiger partial charge in [0.05, 0.1) is 0 Å².